The first-order valence-corrected chi connectivity index (χ1v) is 8.43. The molecule has 0 atom stereocenters. The Kier molecular flexibility index (Phi) is 7.27. The minimum Gasteiger partial charge on any atom is -0.334 e. The molecular weight excluding hydrogens is 288 g/mol. The number of carbonyl (C=O) groups excluding carboxylic acids is 2. The maximum absolute atomic E-state index is 12.7. The molecule has 4 nitrogen and oxygen atoms in total. The minimum absolute atomic E-state index is 0.333. The van der Waals surface area contributed by atoms with Crippen molar-refractivity contribution in [1.82, 2.24) is 4.90 Å². The molecule has 2 amide bonds. The highest BCUT2D eigenvalue weighted by atomic mass is 16.2. The van der Waals surface area contributed by atoms with E-state index in [0.717, 1.165) is 11.3 Å². The van der Waals surface area contributed by atoms with Crippen molar-refractivity contribution in [2.45, 2.75) is 41.5 Å². The summed E-state index contributed by atoms with van der Waals surface area (Å²) in [5.41, 5.74) is 1.85. The van der Waals surface area contributed by atoms with E-state index in [1.54, 1.807) is 9.80 Å². The Hall–Kier alpha value is -1.84. The van der Waals surface area contributed by atoms with E-state index in [9.17, 15) is 9.59 Å². The molecule has 128 valence electrons. The fraction of sp³-hybridized carbons (Fsp3) is 0.579. The predicted molar refractivity (Wildman–Crippen MR) is 95.5 cm³/mol. The zero-order valence-electron chi connectivity index (χ0n) is 15.3. The molecule has 1 aromatic rings. The van der Waals surface area contributed by atoms with Gasteiger partial charge in [0.1, 0.15) is 0 Å². The summed E-state index contributed by atoms with van der Waals surface area (Å²) in [4.78, 5) is 28.7. The maximum Gasteiger partial charge on any atom is 0.316 e. The molecular formula is C19H30N2O2. The van der Waals surface area contributed by atoms with Crippen molar-refractivity contribution < 1.29 is 9.59 Å². The molecule has 0 aromatic heterocycles. The molecule has 1 rings (SSSR count). The number of benzene rings is 1. The second-order valence-electron chi connectivity index (χ2n) is 6.89. The molecule has 0 aliphatic heterocycles. The summed E-state index contributed by atoms with van der Waals surface area (Å²) in [6, 6.07) is 7.69. The van der Waals surface area contributed by atoms with E-state index in [0.29, 0.717) is 31.5 Å². The number of likely N-dealkylation sites (N-methyl/N-ethyl adjacent to an activating group) is 1. The van der Waals surface area contributed by atoms with Crippen LogP contribution in [-0.4, -0.2) is 36.3 Å². The van der Waals surface area contributed by atoms with E-state index < -0.39 is 11.8 Å². The van der Waals surface area contributed by atoms with Crippen molar-refractivity contribution in [3.05, 3.63) is 29.8 Å². The molecule has 0 saturated heterocycles. The molecule has 0 spiro atoms. The van der Waals surface area contributed by atoms with E-state index in [2.05, 4.69) is 27.7 Å². The van der Waals surface area contributed by atoms with Gasteiger partial charge in [-0.15, -0.1) is 0 Å². The number of anilines is 1. The summed E-state index contributed by atoms with van der Waals surface area (Å²) >= 11 is 0. The molecule has 0 bridgehead atoms. The Morgan fingerprint density at radius 3 is 2.00 bits per heavy atom. The van der Waals surface area contributed by atoms with Gasteiger partial charge in [0.25, 0.3) is 0 Å². The van der Waals surface area contributed by atoms with Crippen LogP contribution >= 0.6 is 0 Å². The number of amides is 2. The number of rotatable bonds is 6. The highest BCUT2D eigenvalue weighted by Crippen LogP contribution is 2.17. The largest absolute Gasteiger partial charge is 0.334 e. The number of nitrogens with zero attached hydrogens (tertiary/aromatic N) is 2. The van der Waals surface area contributed by atoms with Crippen molar-refractivity contribution in [1.29, 1.82) is 0 Å². The Balaban J connectivity index is 2.99. The monoisotopic (exact) mass is 318 g/mol. The third kappa shape index (κ3) is 5.70. The first-order chi connectivity index (χ1) is 10.8. The Morgan fingerprint density at radius 1 is 1.00 bits per heavy atom. The zero-order valence-corrected chi connectivity index (χ0v) is 15.3. The van der Waals surface area contributed by atoms with Crippen LogP contribution in [0.2, 0.25) is 0 Å². The van der Waals surface area contributed by atoms with Crippen LogP contribution in [0.15, 0.2) is 24.3 Å². The number of aryl methyl sites for hydroxylation is 1. The van der Waals surface area contributed by atoms with Crippen molar-refractivity contribution in [2.24, 2.45) is 11.8 Å². The molecule has 0 saturated carbocycles. The normalized spacial score (nSPS) is 11.0. The maximum atomic E-state index is 12.7. The van der Waals surface area contributed by atoms with E-state index in [4.69, 9.17) is 0 Å². The molecule has 0 heterocycles. The van der Waals surface area contributed by atoms with Gasteiger partial charge in [-0.05, 0) is 43.4 Å². The van der Waals surface area contributed by atoms with Crippen LogP contribution in [0.25, 0.3) is 0 Å². The lowest BCUT2D eigenvalue weighted by Gasteiger charge is -2.29. The Morgan fingerprint density at radius 2 is 1.57 bits per heavy atom. The lowest BCUT2D eigenvalue weighted by Crippen LogP contribution is -2.47. The average molecular weight is 318 g/mol. The summed E-state index contributed by atoms with van der Waals surface area (Å²) in [5.74, 6) is -0.186. The third-order valence-corrected chi connectivity index (χ3v) is 3.52. The highest BCUT2D eigenvalue weighted by molar-refractivity contribution is 6.40. The van der Waals surface area contributed by atoms with Crippen molar-refractivity contribution in [2.75, 3.05) is 24.5 Å². The van der Waals surface area contributed by atoms with Gasteiger partial charge < -0.3 is 9.80 Å². The number of hydrogen-bond donors (Lipinski definition) is 0. The van der Waals surface area contributed by atoms with Gasteiger partial charge in [-0.1, -0.05) is 39.8 Å². The molecule has 23 heavy (non-hydrogen) atoms. The Labute approximate surface area is 140 Å². The van der Waals surface area contributed by atoms with E-state index in [1.165, 1.54) is 0 Å². The summed E-state index contributed by atoms with van der Waals surface area (Å²) in [5, 5.41) is 0. The van der Waals surface area contributed by atoms with E-state index in [1.807, 2.05) is 38.1 Å². The molecule has 0 aliphatic carbocycles. The van der Waals surface area contributed by atoms with Gasteiger partial charge in [-0.2, -0.15) is 0 Å². The average Bonchev–Trinajstić information content (AvgIpc) is 2.45. The molecule has 0 N–H and O–H groups in total. The minimum atomic E-state index is -0.445. The van der Waals surface area contributed by atoms with Gasteiger partial charge in [-0.3, -0.25) is 9.59 Å². The molecule has 4 heteroatoms. The topological polar surface area (TPSA) is 40.6 Å². The summed E-state index contributed by atoms with van der Waals surface area (Å²) in [6.07, 6.45) is 0. The van der Waals surface area contributed by atoms with Crippen molar-refractivity contribution >= 4 is 17.5 Å². The van der Waals surface area contributed by atoms with Crippen LogP contribution in [0.3, 0.4) is 0 Å². The lowest BCUT2D eigenvalue weighted by atomic mass is 10.1. The predicted octanol–water partition coefficient (Wildman–Crippen LogP) is 3.49. The summed E-state index contributed by atoms with van der Waals surface area (Å²) in [6.45, 7) is 13.8. The molecule has 0 aliphatic rings. The lowest BCUT2D eigenvalue weighted by molar-refractivity contribution is -0.145. The second-order valence-corrected chi connectivity index (χ2v) is 6.89. The van der Waals surface area contributed by atoms with Crippen LogP contribution in [0.4, 0.5) is 5.69 Å². The van der Waals surface area contributed by atoms with Crippen molar-refractivity contribution in [3.63, 3.8) is 0 Å². The van der Waals surface area contributed by atoms with Gasteiger partial charge in [0.05, 0.1) is 0 Å². The van der Waals surface area contributed by atoms with E-state index in [-0.39, 0.29) is 0 Å². The smallest absolute Gasteiger partial charge is 0.316 e. The standard InChI is InChI=1S/C19H30N2O2/c1-7-21(17-10-8-9-16(6)11-17)19(23)18(22)20(12-14(2)3)13-15(4)5/h8-11,14-15H,7,12-13H2,1-6H3. The molecule has 0 unspecified atom stereocenters. The third-order valence-electron chi connectivity index (χ3n) is 3.52. The van der Waals surface area contributed by atoms with Gasteiger partial charge in [0, 0.05) is 25.3 Å². The summed E-state index contributed by atoms with van der Waals surface area (Å²) in [7, 11) is 0. The van der Waals surface area contributed by atoms with Crippen LogP contribution in [-0.2, 0) is 9.59 Å². The van der Waals surface area contributed by atoms with Crippen LogP contribution in [0.5, 0.6) is 0 Å². The van der Waals surface area contributed by atoms with Crippen molar-refractivity contribution in [3.8, 4) is 0 Å². The Bertz CT molecular complexity index is 528. The van der Waals surface area contributed by atoms with E-state index >= 15 is 0 Å². The molecule has 0 fully saturated rings. The molecule has 0 radical (unpaired) electrons. The number of carbonyl (C=O) groups is 2. The second kappa shape index (κ2) is 8.70. The summed E-state index contributed by atoms with van der Waals surface area (Å²) < 4.78 is 0. The zero-order chi connectivity index (χ0) is 17.6. The first kappa shape index (κ1) is 19.2. The van der Waals surface area contributed by atoms with Gasteiger partial charge in [-0.25, -0.2) is 0 Å². The van der Waals surface area contributed by atoms with Crippen LogP contribution < -0.4 is 4.90 Å². The fourth-order valence-electron chi connectivity index (χ4n) is 2.61. The fourth-order valence-corrected chi connectivity index (χ4v) is 2.61. The highest BCUT2D eigenvalue weighted by Gasteiger charge is 2.28. The number of hydrogen-bond acceptors (Lipinski definition) is 2. The molecule has 1 aromatic carbocycles. The quantitative estimate of drug-likeness (QED) is 0.753. The SMILES string of the molecule is CCN(C(=O)C(=O)N(CC(C)C)CC(C)C)c1cccc(C)c1. The van der Waals surface area contributed by atoms with Crippen LogP contribution in [0.1, 0.15) is 40.2 Å². The van der Waals surface area contributed by atoms with Gasteiger partial charge in [0.15, 0.2) is 0 Å². The van der Waals surface area contributed by atoms with Crippen LogP contribution in [0, 0.1) is 18.8 Å². The van der Waals surface area contributed by atoms with Gasteiger partial charge >= 0.3 is 11.8 Å². The van der Waals surface area contributed by atoms with Gasteiger partial charge in [0.2, 0.25) is 0 Å². The first-order valence-electron chi connectivity index (χ1n) is 8.43.